The SMILES string of the molecule is FC(F)c1cc(I)nc(OC(F)(F)F)c1CBr. The van der Waals surface area contributed by atoms with Crippen LogP contribution in [0.15, 0.2) is 6.07 Å². The van der Waals surface area contributed by atoms with Crippen molar-refractivity contribution in [2.45, 2.75) is 18.1 Å². The van der Waals surface area contributed by atoms with Crippen molar-refractivity contribution in [2.24, 2.45) is 0 Å². The molecule has 1 aromatic rings. The summed E-state index contributed by atoms with van der Waals surface area (Å²) in [5.74, 6) is -0.850. The van der Waals surface area contributed by atoms with Crippen molar-refractivity contribution in [1.82, 2.24) is 4.98 Å². The number of alkyl halides is 6. The summed E-state index contributed by atoms with van der Waals surface area (Å²) < 4.78 is 65.0. The first-order chi connectivity index (χ1) is 7.74. The molecule has 17 heavy (non-hydrogen) atoms. The zero-order chi connectivity index (χ0) is 13.2. The van der Waals surface area contributed by atoms with Gasteiger partial charge in [-0.05, 0) is 28.7 Å². The van der Waals surface area contributed by atoms with Gasteiger partial charge in [0.1, 0.15) is 3.70 Å². The van der Waals surface area contributed by atoms with Crippen LogP contribution in [0.2, 0.25) is 0 Å². The van der Waals surface area contributed by atoms with E-state index in [2.05, 4.69) is 25.7 Å². The molecule has 0 bridgehead atoms. The number of ether oxygens (including phenoxy) is 1. The second-order valence-electron chi connectivity index (χ2n) is 2.80. The van der Waals surface area contributed by atoms with E-state index in [4.69, 9.17) is 0 Å². The zero-order valence-corrected chi connectivity index (χ0v) is 11.6. The standard InChI is InChI=1S/C8H4BrF5INO/c9-2-4-3(6(10)11)1-5(15)16-7(4)17-8(12,13)14/h1,6H,2H2. The van der Waals surface area contributed by atoms with E-state index in [0.29, 0.717) is 0 Å². The molecule has 0 aliphatic rings. The molecule has 0 unspecified atom stereocenters. The first-order valence-corrected chi connectivity index (χ1v) is 6.23. The van der Waals surface area contributed by atoms with Gasteiger partial charge in [-0.3, -0.25) is 0 Å². The van der Waals surface area contributed by atoms with Crippen LogP contribution in [0, 0.1) is 3.70 Å². The van der Waals surface area contributed by atoms with Crippen molar-refractivity contribution in [1.29, 1.82) is 0 Å². The molecule has 0 aliphatic carbocycles. The molecular formula is C8H4BrF5INO. The van der Waals surface area contributed by atoms with Gasteiger partial charge in [-0.1, -0.05) is 15.9 Å². The third-order valence-corrected chi connectivity index (χ3v) is 2.78. The lowest BCUT2D eigenvalue weighted by atomic mass is 10.1. The summed E-state index contributed by atoms with van der Waals surface area (Å²) in [6.07, 6.45) is -7.86. The highest BCUT2D eigenvalue weighted by atomic mass is 127. The summed E-state index contributed by atoms with van der Waals surface area (Å²) in [5, 5.41) is -0.206. The first kappa shape index (κ1) is 14.9. The van der Waals surface area contributed by atoms with Gasteiger partial charge in [-0.2, -0.15) is 0 Å². The van der Waals surface area contributed by atoms with Gasteiger partial charge < -0.3 is 4.74 Å². The number of nitrogens with zero attached hydrogens (tertiary/aromatic N) is 1. The summed E-state index contributed by atoms with van der Waals surface area (Å²) >= 11 is 4.38. The van der Waals surface area contributed by atoms with Gasteiger partial charge in [0, 0.05) is 16.5 Å². The van der Waals surface area contributed by atoms with Gasteiger partial charge in [0.15, 0.2) is 0 Å². The molecule has 0 saturated carbocycles. The average molecular weight is 432 g/mol. The van der Waals surface area contributed by atoms with Crippen LogP contribution in [-0.4, -0.2) is 11.3 Å². The Labute approximate surface area is 115 Å². The van der Waals surface area contributed by atoms with E-state index in [1.165, 1.54) is 0 Å². The van der Waals surface area contributed by atoms with Crippen LogP contribution in [0.3, 0.4) is 0 Å². The maximum Gasteiger partial charge on any atom is 0.574 e. The normalized spacial score (nSPS) is 12.0. The zero-order valence-electron chi connectivity index (χ0n) is 7.86. The van der Waals surface area contributed by atoms with Gasteiger partial charge in [0.05, 0.1) is 0 Å². The van der Waals surface area contributed by atoms with E-state index in [0.717, 1.165) is 6.07 Å². The van der Waals surface area contributed by atoms with Crippen molar-refractivity contribution < 1.29 is 26.7 Å². The smallest absolute Gasteiger partial charge is 0.387 e. The second-order valence-corrected chi connectivity index (χ2v) is 4.47. The Morgan fingerprint density at radius 2 is 2.00 bits per heavy atom. The number of hydrogen-bond donors (Lipinski definition) is 0. The largest absolute Gasteiger partial charge is 0.574 e. The van der Waals surface area contributed by atoms with Crippen LogP contribution >= 0.6 is 38.5 Å². The Morgan fingerprint density at radius 3 is 2.41 bits per heavy atom. The number of pyridine rings is 1. The predicted molar refractivity (Wildman–Crippen MR) is 61.2 cm³/mol. The second kappa shape index (κ2) is 5.63. The average Bonchev–Trinajstić information content (AvgIpc) is 2.14. The van der Waals surface area contributed by atoms with Crippen LogP contribution in [0.25, 0.3) is 0 Å². The highest BCUT2D eigenvalue weighted by Gasteiger charge is 2.34. The highest BCUT2D eigenvalue weighted by Crippen LogP contribution is 2.34. The summed E-state index contributed by atoms with van der Waals surface area (Å²) in [4.78, 5) is 3.45. The molecule has 2 nitrogen and oxygen atoms in total. The summed E-state index contributed by atoms with van der Waals surface area (Å²) in [6, 6.07) is 1.02. The Bertz CT molecular complexity index is 412. The molecule has 0 atom stereocenters. The number of hydrogen-bond acceptors (Lipinski definition) is 2. The minimum atomic E-state index is -4.96. The van der Waals surface area contributed by atoms with Gasteiger partial charge in [-0.25, -0.2) is 13.8 Å². The lowest BCUT2D eigenvalue weighted by Crippen LogP contribution is -2.19. The molecule has 1 aromatic heterocycles. The van der Waals surface area contributed by atoms with Gasteiger partial charge in [0.25, 0.3) is 6.43 Å². The van der Waals surface area contributed by atoms with Crippen LogP contribution in [0.5, 0.6) is 5.88 Å². The predicted octanol–water partition coefficient (Wildman–Crippen LogP) is 4.42. The van der Waals surface area contributed by atoms with Crippen molar-refractivity contribution in [2.75, 3.05) is 0 Å². The molecular weight excluding hydrogens is 428 g/mol. The van der Waals surface area contributed by atoms with E-state index >= 15 is 0 Å². The number of halogens is 7. The van der Waals surface area contributed by atoms with Crippen LogP contribution in [0.1, 0.15) is 17.6 Å². The topological polar surface area (TPSA) is 22.1 Å². The molecule has 0 fully saturated rings. The maximum absolute atomic E-state index is 12.6. The molecule has 1 rings (SSSR count). The van der Waals surface area contributed by atoms with E-state index in [-0.39, 0.29) is 14.6 Å². The molecule has 0 N–H and O–H groups in total. The molecule has 0 radical (unpaired) electrons. The van der Waals surface area contributed by atoms with Crippen LogP contribution < -0.4 is 4.74 Å². The molecule has 0 aromatic carbocycles. The molecule has 0 amide bonds. The third-order valence-electron chi connectivity index (χ3n) is 1.67. The maximum atomic E-state index is 12.6. The molecule has 9 heteroatoms. The van der Waals surface area contributed by atoms with Gasteiger partial charge in [0.2, 0.25) is 5.88 Å². The first-order valence-electron chi connectivity index (χ1n) is 4.03. The summed E-state index contributed by atoms with van der Waals surface area (Å²) in [6.45, 7) is 0. The van der Waals surface area contributed by atoms with Crippen molar-refractivity contribution in [3.8, 4) is 5.88 Å². The van der Waals surface area contributed by atoms with Crippen molar-refractivity contribution in [3.63, 3.8) is 0 Å². The lowest BCUT2D eigenvalue weighted by Gasteiger charge is -2.14. The fraction of sp³-hybridized carbons (Fsp3) is 0.375. The Balaban J connectivity index is 3.28. The van der Waals surface area contributed by atoms with Crippen LogP contribution in [0.4, 0.5) is 22.0 Å². The molecule has 0 aliphatic heterocycles. The van der Waals surface area contributed by atoms with E-state index in [9.17, 15) is 22.0 Å². The third kappa shape index (κ3) is 4.19. The van der Waals surface area contributed by atoms with Crippen molar-refractivity contribution in [3.05, 3.63) is 20.9 Å². The highest BCUT2D eigenvalue weighted by molar-refractivity contribution is 14.1. The van der Waals surface area contributed by atoms with E-state index < -0.39 is 24.2 Å². The molecule has 0 spiro atoms. The van der Waals surface area contributed by atoms with E-state index in [1.54, 1.807) is 22.6 Å². The Kier molecular flexibility index (Phi) is 4.93. The van der Waals surface area contributed by atoms with Crippen molar-refractivity contribution >= 4 is 38.5 Å². The monoisotopic (exact) mass is 431 g/mol. The molecule has 0 saturated heterocycles. The lowest BCUT2D eigenvalue weighted by molar-refractivity contribution is -0.276. The minimum absolute atomic E-state index is 0.00171. The quantitative estimate of drug-likeness (QED) is 0.306. The summed E-state index contributed by atoms with van der Waals surface area (Å²) in [5.41, 5.74) is -0.835. The number of aromatic nitrogens is 1. The Morgan fingerprint density at radius 1 is 1.41 bits per heavy atom. The van der Waals surface area contributed by atoms with Gasteiger partial charge in [-0.15, -0.1) is 13.2 Å². The molecule has 1 heterocycles. The Hall–Kier alpha value is -0.190. The molecule has 96 valence electrons. The number of rotatable bonds is 3. The fourth-order valence-corrected chi connectivity index (χ4v) is 2.18. The van der Waals surface area contributed by atoms with Crippen LogP contribution in [-0.2, 0) is 5.33 Å². The van der Waals surface area contributed by atoms with Gasteiger partial charge >= 0.3 is 6.36 Å². The summed E-state index contributed by atoms with van der Waals surface area (Å²) in [7, 11) is 0. The van der Waals surface area contributed by atoms with E-state index in [1.807, 2.05) is 0 Å². The fourth-order valence-electron chi connectivity index (χ4n) is 1.06. The minimum Gasteiger partial charge on any atom is -0.387 e.